The lowest BCUT2D eigenvalue weighted by Crippen LogP contribution is -2.19. The zero-order valence-corrected chi connectivity index (χ0v) is 11.3. The van der Waals surface area contributed by atoms with Crippen LogP contribution in [0.15, 0.2) is 36.4 Å². The first-order valence-corrected chi connectivity index (χ1v) is 6.22. The zero-order chi connectivity index (χ0) is 14.0. The number of aryl methyl sites for hydroxylation is 2. The molecule has 0 aliphatic carbocycles. The molecule has 3 heteroatoms. The molecule has 1 unspecified atom stereocenters. The Hall–Kier alpha value is -1.74. The van der Waals surface area contributed by atoms with E-state index in [0.717, 1.165) is 23.3 Å². The molecule has 0 fully saturated rings. The summed E-state index contributed by atoms with van der Waals surface area (Å²) in [6.45, 7) is 4.03. The fourth-order valence-corrected chi connectivity index (χ4v) is 2.18. The zero-order valence-electron chi connectivity index (χ0n) is 11.3. The fraction of sp³-hybridized carbons (Fsp3) is 0.250. The minimum Gasteiger partial charge on any atom is -0.309 e. The molecular formula is C16H17F2N. The van der Waals surface area contributed by atoms with E-state index in [1.54, 1.807) is 7.05 Å². The van der Waals surface area contributed by atoms with E-state index < -0.39 is 11.6 Å². The first kappa shape index (κ1) is 13.7. The van der Waals surface area contributed by atoms with Crippen molar-refractivity contribution in [2.45, 2.75) is 19.9 Å². The van der Waals surface area contributed by atoms with Gasteiger partial charge in [0, 0.05) is 5.56 Å². The molecule has 0 aromatic heterocycles. The number of benzene rings is 2. The van der Waals surface area contributed by atoms with Crippen molar-refractivity contribution in [1.29, 1.82) is 0 Å². The second kappa shape index (κ2) is 5.49. The van der Waals surface area contributed by atoms with Gasteiger partial charge in [-0.15, -0.1) is 0 Å². The van der Waals surface area contributed by atoms with Crippen LogP contribution in [-0.4, -0.2) is 7.05 Å². The average Bonchev–Trinajstić information content (AvgIpc) is 2.38. The highest BCUT2D eigenvalue weighted by atomic mass is 19.1. The summed E-state index contributed by atoms with van der Waals surface area (Å²) < 4.78 is 27.2. The molecule has 0 radical (unpaired) electrons. The predicted octanol–water partition coefficient (Wildman–Crippen LogP) is 3.89. The maximum absolute atomic E-state index is 13.9. The molecule has 1 atom stereocenters. The summed E-state index contributed by atoms with van der Waals surface area (Å²) in [7, 11) is 1.74. The van der Waals surface area contributed by atoms with Crippen molar-refractivity contribution < 1.29 is 8.78 Å². The highest BCUT2D eigenvalue weighted by Crippen LogP contribution is 2.26. The molecule has 0 heterocycles. The largest absolute Gasteiger partial charge is 0.309 e. The lowest BCUT2D eigenvalue weighted by molar-refractivity contribution is 0.558. The number of rotatable bonds is 3. The van der Waals surface area contributed by atoms with Crippen molar-refractivity contribution in [3.05, 3.63) is 70.3 Å². The smallest absolute Gasteiger partial charge is 0.128 e. The van der Waals surface area contributed by atoms with Gasteiger partial charge in [0.1, 0.15) is 11.6 Å². The molecule has 0 aliphatic rings. The number of hydrogen-bond acceptors (Lipinski definition) is 1. The molecular weight excluding hydrogens is 244 g/mol. The first-order valence-electron chi connectivity index (χ1n) is 6.22. The summed E-state index contributed by atoms with van der Waals surface area (Å²) in [6, 6.07) is 9.12. The summed E-state index contributed by atoms with van der Waals surface area (Å²) in [5.41, 5.74) is 3.56. The Labute approximate surface area is 112 Å². The Kier molecular flexibility index (Phi) is 3.96. The molecule has 2 rings (SSSR count). The van der Waals surface area contributed by atoms with Crippen molar-refractivity contribution >= 4 is 0 Å². The van der Waals surface area contributed by atoms with E-state index in [9.17, 15) is 8.78 Å². The van der Waals surface area contributed by atoms with Gasteiger partial charge in [0.2, 0.25) is 0 Å². The van der Waals surface area contributed by atoms with Gasteiger partial charge in [0.05, 0.1) is 6.04 Å². The summed E-state index contributed by atoms with van der Waals surface area (Å²) in [6.07, 6.45) is 0. The van der Waals surface area contributed by atoms with Crippen molar-refractivity contribution in [2.75, 3.05) is 7.05 Å². The van der Waals surface area contributed by atoms with Gasteiger partial charge in [-0.2, -0.15) is 0 Å². The second-order valence-corrected chi connectivity index (χ2v) is 4.73. The lowest BCUT2D eigenvalue weighted by atomic mass is 9.95. The average molecular weight is 261 g/mol. The SMILES string of the molecule is CNC(c1ccc(C)c(C)c1)c1cc(F)ccc1F. The Bertz CT molecular complexity index is 593. The minimum absolute atomic E-state index is 0.325. The van der Waals surface area contributed by atoms with Crippen LogP contribution in [0.2, 0.25) is 0 Å². The van der Waals surface area contributed by atoms with Crippen molar-refractivity contribution in [2.24, 2.45) is 0 Å². The van der Waals surface area contributed by atoms with Gasteiger partial charge < -0.3 is 5.32 Å². The highest BCUT2D eigenvalue weighted by Gasteiger charge is 2.17. The molecule has 0 bridgehead atoms. The number of hydrogen-bond donors (Lipinski definition) is 1. The predicted molar refractivity (Wildman–Crippen MR) is 73.2 cm³/mol. The van der Waals surface area contributed by atoms with E-state index in [2.05, 4.69) is 5.32 Å². The topological polar surface area (TPSA) is 12.0 Å². The Morgan fingerprint density at radius 3 is 2.32 bits per heavy atom. The molecule has 2 aromatic carbocycles. The van der Waals surface area contributed by atoms with Crippen LogP contribution < -0.4 is 5.32 Å². The molecule has 0 aliphatic heterocycles. The first-order chi connectivity index (χ1) is 9.02. The van der Waals surface area contributed by atoms with Gasteiger partial charge >= 0.3 is 0 Å². The van der Waals surface area contributed by atoms with Gasteiger partial charge in [-0.25, -0.2) is 8.78 Å². The number of halogens is 2. The maximum atomic E-state index is 13.9. The Balaban J connectivity index is 2.49. The van der Waals surface area contributed by atoms with Crippen LogP contribution in [0, 0.1) is 25.5 Å². The summed E-state index contributed by atoms with van der Waals surface area (Å²) in [5, 5.41) is 3.04. The van der Waals surface area contributed by atoms with Crippen LogP contribution >= 0.6 is 0 Å². The van der Waals surface area contributed by atoms with Crippen LogP contribution in [0.5, 0.6) is 0 Å². The van der Waals surface area contributed by atoms with Crippen molar-refractivity contribution in [3.63, 3.8) is 0 Å². The monoisotopic (exact) mass is 261 g/mol. The lowest BCUT2D eigenvalue weighted by Gasteiger charge is -2.19. The third-order valence-electron chi connectivity index (χ3n) is 3.42. The van der Waals surface area contributed by atoms with Gasteiger partial charge in [-0.3, -0.25) is 0 Å². The van der Waals surface area contributed by atoms with E-state index in [0.29, 0.717) is 5.56 Å². The van der Waals surface area contributed by atoms with Crippen LogP contribution in [0.25, 0.3) is 0 Å². The molecule has 1 N–H and O–H groups in total. The third-order valence-corrected chi connectivity index (χ3v) is 3.42. The highest BCUT2D eigenvalue weighted by molar-refractivity contribution is 5.37. The molecule has 0 saturated heterocycles. The Morgan fingerprint density at radius 2 is 1.68 bits per heavy atom. The normalized spacial score (nSPS) is 12.5. The molecule has 0 amide bonds. The van der Waals surface area contributed by atoms with E-state index in [4.69, 9.17) is 0 Å². The van der Waals surface area contributed by atoms with Crippen molar-refractivity contribution in [3.8, 4) is 0 Å². The molecule has 0 spiro atoms. The maximum Gasteiger partial charge on any atom is 0.128 e. The van der Waals surface area contributed by atoms with Gasteiger partial charge in [-0.05, 0) is 55.8 Å². The molecule has 100 valence electrons. The standard InChI is InChI=1S/C16H17F2N/c1-10-4-5-12(8-11(10)2)16(19-3)14-9-13(17)6-7-15(14)18/h4-9,16,19H,1-3H3. The van der Waals surface area contributed by atoms with E-state index in [1.165, 1.54) is 11.6 Å². The van der Waals surface area contributed by atoms with E-state index in [-0.39, 0.29) is 6.04 Å². The van der Waals surface area contributed by atoms with Crippen LogP contribution in [-0.2, 0) is 0 Å². The van der Waals surface area contributed by atoms with Gasteiger partial charge in [0.25, 0.3) is 0 Å². The molecule has 1 nitrogen and oxygen atoms in total. The third kappa shape index (κ3) is 2.82. The van der Waals surface area contributed by atoms with E-state index >= 15 is 0 Å². The van der Waals surface area contributed by atoms with Crippen LogP contribution in [0.3, 0.4) is 0 Å². The second-order valence-electron chi connectivity index (χ2n) is 4.73. The Morgan fingerprint density at radius 1 is 0.947 bits per heavy atom. The number of nitrogens with one attached hydrogen (secondary N) is 1. The quantitative estimate of drug-likeness (QED) is 0.883. The minimum atomic E-state index is -0.430. The molecule has 2 aromatic rings. The van der Waals surface area contributed by atoms with Crippen LogP contribution in [0.1, 0.15) is 28.3 Å². The van der Waals surface area contributed by atoms with E-state index in [1.807, 2.05) is 32.0 Å². The van der Waals surface area contributed by atoms with Gasteiger partial charge in [0.15, 0.2) is 0 Å². The molecule has 0 saturated carbocycles. The fourth-order valence-electron chi connectivity index (χ4n) is 2.18. The summed E-state index contributed by atoms with van der Waals surface area (Å²) in [4.78, 5) is 0. The summed E-state index contributed by atoms with van der Waals surface area (Å²) in [5.74, 6) is -0.834. The summed E-state index contributed by atoms with van der Waals surface area (Å²) >= 11 is 0. The van der Waals surface area contributed by atoms with Crippen molar-refractivity contribution in [1.82, 2.24) is 5.32 Å². The van der Waals surface area contributed by atoms with Crippen LogP contribution in [0.4, 0.5) is 8.78 Å². The molecule has 19 heavy (non-hydrogen) atoms. The van der Waals surface area contributed by atoms with Gasteiger partial charge in [-0.1, -0.05) is 18.2 Å².